The number of aliphatic hydroxyl groups excluding tert-OH is 1. The first-order valence-electron chi connectivity index (χ1n) is 9.68. The molecular formula is C22H30O4S. The van der Waals surface area contributed by atoms with Gasteiger partial charge >= 0.3 is 0 Å². The Kier molecular flexibility index (Phi) is 7.87. The highest BCUT2D eigenvalue weighted by Crippen LogP contribution is 2.44. The van der Waals surface area contributed by atoms with Crippen LogP contribution in [0.1, 0.15) is 57.4 Å². The number of rotatable bonds is 11. The molecule has 0 fully saturated rings. The lowest BCUT2D eigenvalue weighted by molar-refractivity contribution is 0.280. The highest BCUT2D eigenvalue weighted by atomic mass is 32.2. The number of phenols is 1. The topological polar surface area (TPSA) is 74.6 Å². The first-order valence-corrected chi connectivity index (χ1v) is 11.2. The van der Waals surface area contributed by atoms with Crippen LogP contribution in [0, 0.1) is 0 Å². The van der Waals surface area contributed by atoms with Gasteiger partial charge < -0.3 is 10.2 Å². The van der Waals surface area contributed by atoms with Gasteiger partial charge in [0.15, 0.2) is 9.84 Å². The maximum absolute atomic E-state index is 13.8. The van der Waals surface area contributed by atoms with Crippen LogP contribution in [-0.4, -0.2) is 25.2 Å². The van der Waals surface area contributed by atoms with E-state index in [4.69, 9.17) is 5.11 Å². The summed E-state index contributed by atoms with van der Waals surface area (Å²) in [6.07, 6.45) is 5.00. The van der Waals surface area contributed by atoms with E-state index in [1.54, 1.807) is 0 Å². The van der Waals surface area contributed by atoms with Crippen molar-refractivity contribution < 1.29 is 18.6 Å². The molecule has 148 valence electrons. The van der Waals surface area contributed by atoms with Crippen LogP contribution in [0.25, 0.3) is 0 Å². The summed E-state index contributed by atoms with van der Waals surface area (Å²) < 4.78 is 26.6. The fourth-order valence-electron chi connectivity index (χ4n) is 3.59. The number of unbranched alkanes of at least 4 members (excludes halogenated alkanes) is 3. The van der Waals surface area contributed by atoms with Crippen LogP contribution in [0.2, 0.25) is 0 Å². The fraction of sp³-hybridized carbons (Fsp3) is 0.455. The van der Waals surface area contributed by atoms with Crippen molar-refractivity contribution in [3.05, 3.63) is 60.2 Å². The molecule has 0 spiro atoms. The van der Waals surface area contributed by atoms with E-state index in [2.05, 4.69) is 6.92 Å². The van der Waals surface area contributed by atoms with E-state index in [1.165, 1.54) is 24.3 Å². The lowest BCUT2D eigenvalue weighted by atomic mass is 9.87. The highest BCUT2D eigenvalue weighted by Gasteiger charge is 2.45. The molecule has 5 heteroatoms. The van der Waals surface area contributed by atoms with Crippen molar-refractivity contribution in [2.45, 2.75) is 61.5 Å². The number of aliphatic hydroxyl groups is 1. The van der Waals surface area contributed by atoms with E-state index in [0.29, 0.717) is 19.3 Å². The molecule has 0 bridgehead atoms. The van der Waals surface area contributed by atoms with Crippen LogP contribution < -0.4 is 0 Å². The minimum atomic E-state index is -3.67. The Morgan fingerprint density at radius 3 is 2.07 bits per heavy atom. The monoisotopic (exact) mass is 390 g/mol. The molecule has 0 saturated carbocycles. The van der Waals surface area contributed by atoms with Crippen molar-refractivity contribution in [2.24, 2.45) is 0 Å². The molecular weight excluding hydrogens is 360 g/mol. The van der Waals surface area contributed by atoms with Crippen molar-refractivity contribution in [1.82, 2.24) is 0 Å². The lowest BCUT2D eigenvalue weighted by Crippen LogP contribution is -2.36. The Bertz CT molecular complexity index is 785. The molecule has 0 aromatic heterocycles. The normalized spacial score (nSPS) is 14.0. The van der Waals surface area contributed by atoms with Crippen LogP contribution in [0.3, 0.4) is 0 Å². The first-order chi connectivity index (χ1) is 13.0. The number of hydrogen-bond acceptors (Lipinski definition) is 4. The predicted molar refractivity (Wildman–Crippen MR) is 108 cm³/mol. The number of aromatic hydroxyl groups is 1. The van der Waals surface area contributed by atoms with Gasteiger partial charge in [-0.25, -0.2) is 8.42 Å². The van der Waals surface area contributed by atoms with Gasteiger partial charge in [0.05, 0.1) is 4.90 Å². The van der Waals surface area contributed by atoms with Crippen molar-refractivity contribution >= 4 is 9.84 Å². The molecule has 2 aromatic rings. The molecule has 1 atom stereocenters. The Hall–Kier alpha value is -1.85. The summed E-state index contributed by atoms with van der Waals surface area (Å²) in [4.78, 5) is 0.238. The molecule has 0 saturated heterocycles. The Morgan fingerprint density at radius 2 is 1.48 bits per heavy atom. The first kappa shape index (κ1) is 21.5. The molecule has 0 heterocycles. The number of benzene rings is 2. The Labute approximate surface area is 162 Å². The average Bonchev–Trinajstić information content (AvgIpc) is 2.68. The molecule has 0 aliphatic rings. The van der Waals surface area contributed by atoms with E-state index in [-0.39, 0.29) is 17.3 Å². The van der Waals surface area contributed by atoms with Crippen molar-refractivity contribution in [3.8, 4) is 5.75 Å². The predicted octanol–water partition coefficient (Wildman–Crippen LogP) is 4.80. The lowest BCUT2D eigenvalue weighted by Gasteiger charge is -2.34. The maximum atomic E-state index is 13.8. The van der Waals surface area contributed by atoms with Gasteiger partial charge in [-0.1, -0.05) is 62.9 Å². The number of hydrogen-bond donors (Lipinski definition) is 2. The number of sulfone groups is 1. The zero-order valence-electron chi connectivity index (χ0n) is 16.0. The van der Waals surface area contributed by atoms with Crippen molar-refractivity contribution in [2.75, 3.05) is 6.61 Å². The second-order valence-electron chi connectivity index (χ2n) is 7.00. The molecule has 2 rings (SSSR count). The standard InChI is InChI=1S/C22H30O4S/c1-2-3-16-22(17-8-5-9-18-23,19-10-6-4-7-11-19)27(25,26)21-14-12-20(24)13-15-21/h4,6-7,10-15,23-24H,2-3,5,8-9,16-18H2,1H3. The Morgan fingerprint density at radius 1 is 0.852 bits per heavy atom. The third kappa shape index (κ3) is 4.90. The minimum Gasteiger partial charge on any atom is -0.508 e. The van der Waals surface area contributed by atoms with Gasteiger partial charge in [-0.2, -0.15) is 0 Å². The minimum absolute atomic E-state index is 0.0516. The van der Waals surface area contributed by atoms with Gasteiger partial charge in [0.1, 0.15) is 10.5 Å². The van der Waals surface area contributed by atoms with Gasteiger partial charge in [-0.3, -0.25) is 0 Å². The molecule has 0 aliphatic carbocycles. The summed E-state index contributed by atoms with van der Waals surface area (Å²) >= 11 is 0. The van der Waals surface area contributed by atoms with Gasteiger partial charge in [-0.05, 0) is 49.1 Å². The molecule has 0 amide bonds. The maximum Gasteiger partial charge on any atom is 0.188 e. The van der Waals surface area contributed by atoms with E-state index < -0.39 is 14.6 Å². The van der Waals surface area contributed by atoms with E-state index >= 15 is 0 Å². The van der Waals surface area contributed by atoms with Crippen LogP contribution in [0.4, 0.5) is 0 Å². The van der Waals surface area contributed by atoms with E-state index in [0.717, 1.165) is 31.2 Å². The molecule has 4 nitrogen and oxygen atoms in total. The van der Waals surface area contributed by atoms with Gasteiger partial charge in [0.2, 0.25) is 0 Å². The average molecular weight is 391 g/mol. The molecule has 0 aliphatic heterocycles. The largest absolute Gasteiger partial charge is 0.508 e. The molecule has 0 radical (unpaired) electrons. The van der Waals surface area contributed by atoms with Gasteiger partial charge in [-0.15, -0.1) is 0 Å². The van der Waals surface area contributed by atoms with Crippen LogP contribution in [-0.2, 0) is 14.6 Å². The number of phenolic OH excluding ortho intramolecular Hbond substituents is 1. The second kappa shape index (κ2) is 9.90. The summed E-state index contributed by atoms with van der Waals surface area (Å²) in [7, 11) is -3.67. The second-order valence-corrected chi connectivity index (χ2v) is 9.26. The summed E-state index contributed by atoms with van der Waals surface area (Å²) in [5.41, 5.74) is 0.815. The molecule has 1 unspecified atom stereocenters. The summed E-state index contributed by atoms with van der Waals surface area (Å²) in [5, 5.41) is 18.6. The smallest absolute Gasteiger partial charge is 0.188 e. The van der Waals surface area contributed by atoms with Crippen LogP contribution >= 0.6 is 0 Å². The third-order valence-electron chi connectivity index (χ3n) is 5.13. The van der Waals surface area contributed by atoms with E-state index in [1.807, 2.05) is 30.3 Å². The van der Waals surface area contributed by atoms with E-state index in [9.17, 15) is 13.5 Å². The summed E-state index contributed by atoms with van der Waals surface area (Å²) in [6, 6.07) is 15.3. The van der Waals surface area contributed by atoms with Crippen LogP contribution in [0.5, 0.6) is 5.75 Å². The quantitative estimate of drug-likeness (QED) is 0.540. The molecule has 2 aromatic carbocycles. The SMILES string of the molecule is CCCCC(CCCCCO)(c1ccccc1)S(=O)(=O)c1ccc(O)cc1. The van der Waals surface area contributed by atoms with Crippen molar-refractivity contribution in [1.29, 1.82) is 0 Å². The zero-order valence-corrected chi connectivity index (χ0v) is 16.8. The zero-order chi connectivity index (χ0) is 19.8. The van der Waals surface area contributed by atoms with Gasteiger partial charge in [0, 0.05) is 6.61 Å². The fourth-order valence-corrected chi connectivity index (χ4v) is 5.81. The van der Waals surface area contributed by atoms with Crippen molar-refractivity contribution in [3.63, 3.8) is 0 Å². The molecule has 2 N–H and O–H groups in total. The Balaban J connectivity index is 2.55. The summed E-state index contributed by atoms with van der Waals surface area (Å²) in [5.74, 6) is 0.0516. The molecule has 27 heavy (non-hydrogen) atoms. The van der Waals surface area contributed by atoms with Crippen LogP contribution in [0.15, 0.2) is 59.5 Å². The summed E-state index contributed by atoms with van der Waals surface area (Å²) in [6.45, 7) is 2.19. The van der Waals surface area contributed by atoms with Gasteiger partial charge in [0.25, 0.3) is 0 Å². The highest BCUT2D eigenvalue weighted by molar-refractivity contribution is 7.92. The third-order valence-corrected chi connectivity index (χ3v) is 7.70.